The van der Waals surface area contributed by atoms with E-state index < -0.39 is 28.6 Å². The number of unbranched alkanes of at least 4 members (excludes halogenated alkanes) is 1. The first kappa shape index (κ1) is 27.7. The Morgan fingerprint density at radius 3 is 2.73 bits per heavy atom. The molecule has 3 fully saturated rings. The summed E-state index contributed by atoms with van der Waals surface area (Å²) in [5.74, 6) is -2.04. The summed E-state index contributed by atoms with van der Waals surface area (Å²) in [7, 11) is 0. The molecule has 37 heavy (non-hydrogen) atoms. The van der Waals surface area contributed by atoms with Gasteiger partial charge in [0.1, 0.15) is 12.6 Å². The van der Waals surface area contributed by atoms with Gasteiger partial charge in [-0.05, 0) is 43.7 Å². The van der Waals surface area contributed by atoms with E-state index in [1.165, 1.54) is 6.08 Å². The zero-order chi connectivity index (χ0) is 26.9. The van der Waals surface area contributed by atoms with E-state index in [4.69, 9.17) is 16.3 Å². The third-order valence-electron chi connectivity index (χ3n) is 7.94. The van der Waals surface area contributed by atoms with Crippen molar-refractivity contribution in [3.63, 3.8) is 0 Å². The molecule has 0 aromatic heterocycles. The van der Waals surface area contributed by atoms with Crippen LogP contribution in [0.4, 0.5) is 5.69 Å². The van der Waals surface area contributed by atoms with Gasteiger partial charge in [-0.2, -0.15) is 0 Å². The van der Waals surface area contributed by atoms with Crippen LogP contribution in [-0.4, -0.2) is 70.1 Å². The van der Waals surface area contributed by atoms with Gasteiger partial charge in [0.2, 0.25) is 5.91 Å². The highest BCUT2D eigenvalue weighted by Gasteiger charge is 2.76. The van der Waals surface area contributed by atoms with E-state index in [-0.39, 0.29) is 42.7 Å². The summed E-state index contributed by atoms with van der Waals surface area (Å²) in [5.41, 5.74) is 1.44. The summed E-state index contributed by atoms with van der Waals surface area (Å²) in [6, 6.07) is 4.70. The van der Waals surface area contributed by atoms with Crippen LogP contribution in [0.5, 0.6) is 0 Å². The number of aryl methyl sites for hydroxylation is 1. The van der Waals surface area contributed by atoms with Gasteiger partial charge >= 0.3 is 5.97 Å². The fourth-order valence-electron chi connectivity index (χ4n) is 6.47. The Labute approximate surface area is 227 Å². The lowest BCUT2D eigenvalue weighted by Crippen LogP contribution is -2.57. The molecule has 200 valence electrons. The van der Waals surface area contributed by atoms with E-state index in [0.29, 0.717) is 30.1 Å². The smallest absolute Gasteiger partial charge is 0.311 e. The van der Waals surface area contributed by atoms with Gasteiger partial charge in [0, 0.05) is 24.9 Å². The molecule has 3 unspecified atom stereocenters. The summed E-state index contributed by atoms with van der Waals surface area (Å²) in [5, 5.41) is 9.73. The minimum absolute atomic E-state index is 0.000350. The minimum Gasteiger partial charge on any atom is -0.461 e. The topological polar surface area (TPSA) is 87.1 Å². The van der Waals surface area contributed by atoms with Gasteiger partial charge < -0.3 is 19.6 Å². The number of benzene rings is 1. The maximum atomic E-state index is 14.6. The van der Waals surface area contributed by atoms with Crippen molar-refractivity contribution >= 4 is 46.8 Å². The summed E-state index contributed by atoms with van der Waals surface area (Å²) >= 11 is 8.20. The second kappa shape index (κ2) is 11.2. The summed E-state index contributed by atoms with van der Waals surface area (Å²) in [6.45, 7) is 12.1. The van der Waals surface area contributed by atoms with Crippen molar-refractivity contribution < 1.29 is 24.2 Å². The Hall–Kier alpha value is -2.29. The Kier molecular flexibility index (Phi) is 8.41. The van der Waals surface area contributed by atoms with Crippen LogP contribution >= 0.6 is 23.4 Å². The molecule has 1 aromatic carbocycles. The summed E-state index contributed by atoms with van der Waals surface area (Å²) in [6.07, 6.45) is 4.96. The number of fused-ring (bicyclic) bond motifs is 1. The number of rotatable bonds is 11. The number of hydrogen-bond donors (Lipinski definition) is 1. The number of likely N-dealkylation sites (tertiary alicyclic amines) is 1. The lowest BCUT2D eigenvalue weighted by Gasteiger charge is -2.40. The molecule has 0 aliphatic carbocycles. The van der Waals surface area contributed by atoms with Crippen molar-refractivity contribution in [2.45, 2.75) is 49.1 Å². The number of nitrogens with zero attached hydrogens (tertiary/aromatic N) is 2. The van der Waals surface area contributed by atoms with Gasteiger partial charge in [-0.3, -0.25) is 14.4 Å². The number of aliphatic hydroxyl groups excluding tert-OH is 1. The normalized spacial score (nSPS) is 29.8. The number of carbonyl (C=O) groups is 3. The fraction of sp³-hybridized carbons (Fsp3) is 0.536. The van der Waals surface area contributed by atoms with Crippen molar-refractivity contribution in [2.24, 2.45) is 17.8 Å². The molecule has 7 nitrogen and oxygen atoms in total. The number of para-hydroxylation sites is 1. The Bertz CT molecular complexity index is 1080. The number of hydrogen-bond acceptors (Lipinski definition) is 6. The largest absolute Gasteiger partial charge is 0.461 e. The predicted octanol–water partition coefficient (Wildman–Crippen LogP) is 4.01. The zero-order valence-electron chi connectivity index (χ0n) is 21.4. The number of anilines is 1. The Morgan fingerprint density at radius 1 is 1.32 bits per heavy atom. The van der Waals surface area contributed by atoms with Crippen molar-refractivity contribution in [2.75, 3.05) is 31.2 Å². The standard InChI is InChI=1S/C28H35ClN2O5S/c1-5-12-30(23-17(3)10-9-11-19(23)29)26(34)24-28-18(4)16-20(37-28)21(27(35)36-15-6-2)22(28)25(33)31(24)13-7-8-14-32/h5-6,9-11,18,20-22,24,32H,1-2,7-8,12-16H2,3-4H3/t18?,20-,21+,22+,24?,28?/m1/s1. The molecule has 3 heterocycles. The minimum atomic E-state index is -0.776. The molecule has 2 amide bonds. The Balaban J connectivity index is 1.81. The van der Waals surface area contributed by atoms with Crippen molar-refractivity contribution in [1.29, 1.82) is 0 Å². The molecule has 1 N–H and O–H groups in total. The van der Waals surface area contributed by atoms with Crippen LogP contribution in [0.2, 0.25) is 5.02 Å². The third kappa shape index (κ3) is 4.51. The van der Waals surface area contributed by atoms with E-state index in [1.807, 2.05) is 19.1 Å². The maximum Gasteiger partial charge on any atom is 0.311 e. The molecule has 4 rings (SSSR count). The van der Waals surface area contributed by atoms with E-state index in [9.17, 15) is 19.5 Å². The van der Waals surface area contributed by atoms with Gasteiger partial charge in [-0.15, -0.1) is 18.3 Å². The first-order valence-electron chi connectivity index (χ1n) is 12.8. The van der Waals surface area contributed by atoms with Crippen LogP contribution in [0.3, 0.4) is 0 Å². The van der Waals surface area contributed by atoms with Crippen LogP contribution in [0, 0.1) is 24.7 Å². The van der Waals surface area contributed by atoms with E-state index in [1.54, 1.807) is 33.7 Å². The predicted molar refractivity (Wildman–Crippen MR) is 147 cm³/mol. The molecule has 3 aliphatic rings. The number of thioether (sulfide) groups is 1. The second-order valence-corrected chi connectivity index (χ2v) is 12.0. The molecule has 1 spiro atoms. The summed E-state index contributed by atoms with van der Waals surface area (Å²) in [4.78, 5) is 45.1. The number of esters is 1. The van der Waals surface area contributed by atoms with E-state index >= 15 is 0 Å². The van der Waals surface area contributed by atoms with Gasteiger partial charge in [0.25, 0.3) is 5.91 Å². The van der Waals surface area contributed by atoms with Crippen LogP contribution in [0.1, 0.15) is 31.7 Å². The highest BCUT2D eigenvalue weighted by molar-refractivity contribution is 8.02. The second-order valence-electron chi connectivity index (χ2n) is 10.1. The molecule has 6 atom stereocenters. The molecular formula is C28H35ClN2O5S. The molecule has 3 saturated heterocycles. The number of amides is 2. The van der Waals surface area contributed by atoms with Gasteiger partial charge in [-0.1, -0.05) is 49.4 Å². The lowest BCUT2D eigenvalue weighted by atomic mass is 9.66. The van der Waals surface area contributed by atoms with Crippen LogP contribution in [-0.2, 0) is 19.1 Å². The third-order valence-corrected chi connectivity index (χ3v) is 10.3. The Morgan fingerprint density at radius 2 is 2.08 bits per heavy atom. The number of aliphatic hydroxyl groups is 1. The molecule has 3 aliphatic heterocycles. The summed E-state index contributed by atoms with van der Waals surface area (Å²) < 4.78 is 4.67. The quantitative estimate of drug-likeness (QED) is 0.256. The average Bonchev–Trinajstić information content (AvgIpc) is 3.45. The molecule has 1 aromatic rings. The van der Waals surface area contributed by atoms with Crippen molar-refractivity contribution in [1.82, 2.24) is 4.90 Å². The fourth-order valence-corrected chi connectivity index (χ4v) is 9.20. The van der Waals surface area contributed by atoms with Crippen molar-refractivity contribution in [3.8, 4) is 0 Å². The first-order valence-corrected chi connectivity index (χ1v) is 14.0. The SMILES string of the molecule is C=CCOC(=O)[C@@H]1[C@H]2C(=O)N(CCCCO)C(C(=O)N(CC=C)c3c(C)cccc3Cl)C23S[C@@H]1CC3C. The highest BCUT2D eigenvalue weighted by atomic mass is 35.5. The molecule has 9 heteroatoms. The van der Waals surface area contributed by atoms with Gasteiger partial charge in [-0.25, -0.2) is 0 Å². The highest BCUT2D eigenvalue weighted by Crippen LogP contribution is 2.69. The monoisotopic (exact) mass is 546 g/mol. The van der Waals surface area contributed by atoms with Gasteiger partial charge in [0.05, 0.1) is 27.3 Å². The number of carbonyl (C=O) groups excluding carboxylic acids is 3. The molecule has 0 radical (unpaired) electrons. The number of ether oxygens (including phenoxy) is 1. The van der Waals surface area contributed by atoms with Gasteiger partial charge in [0.15, 0.2) is 0 Å². The molecule has 2 bridgehead atoms. The maximum absolute atomic E-state index is 14.6. The number of halogens is 1. The van der Waals surface area contributed by atoms with E-state index in [2.05, 4.69) is 20.1 Å². The zero-order valence-corrected chi connectivity index (χ0v) is 23.0. The van der Waals surface area contributed by atoms with Crippen molar-refractivity contribution in [3.05, 3.63) is 54.1 Å². The average molecular weight is 547 g/mol. The van der Waals surface area contributed by atoms with Crippen LogP contribution in [0.25, 0.3) is 0 Å². The van der Waals surface area contributed by atoms with E-state index in [0.717, 1.165) is 12.0 Å². The van der Waals surface area contributed by atoms with Crippen LogP contribution in [0.15, 0.2) is 43.5 Å². The van der Waals surface area contributed by atoms with Crippen LogP contribution < -0.4 is 4.90 Å². The molecule has 0 saturated carbocycles. The first-order chi connectivity index (χ1) is 17.7. The lowest BCUT2D eigenvalue weighted by molar-refractivity contribution is -0.153. The molecular weight excluding hydrogens is 512 g/mol.